The van der Waals surface area contributed by atoms with Gasteiger partial charge in [0.1, 0.15) is 21.2 Å². The predicted octanol–water partition coefficient (Wildman–Crippen LogP) is 4.10. The van der Waals surface area contributed by atoms with Crippen LogP contribution in [0.2, 0.25) is 5.28 Å². The van der Waals surface area contributed by atoms with E-state index in [9.17, 15) is 66.0 Å². The summed E-state index contributed by atoms with van der Waals surface area (Å²) >= 11 is 6.13. The van der Waals surface area contributed by atoms with Crippen molar-refractivity contribution >= 4 is 107 Å². The van der Waals surface area contributed by atoms with Crippen molar-refractivity contribution in [1.29, 1.82) is 0 Å². The number of aromatic nitrogens is 3. The molecule has 0 saturated carbocycles. The van der Waals surface area contributed by atoms with Crippen molar-refractivity contribution in [1.82, 2.24) is 15.0 Å². The van der Waals surface area contributed by atoms with Crippen molar-refractivity contribution < 1.29 is 74.7 Å². The number of fused-ring (bicyclic) bond motifs is 1. The molecule has 0 bridgehead atoms. The highest BCUT2D eigenvalue weighted by Crippen LogP contribution is 2.46. The number of nitrogens with zero attached hydrogens (tertiary/aromatic N) is 6. The number of sulfone groups is 1. The van der Waals surface area contributed by atoms with Crippen molar-refractivity contribution in [3.05, 3.63) is 113 Å². The zero-order chi connectivity index (χ0) is 47.7. The van der Waals surface area contributed by atoms with Crippen LogP contribution >= 0.6 is 11.6 Å². The lowest BCUT2D eigenvalue weighted by Crippen LogP contribution is -2.26. The number of phenols is 1. The number of hydrogen-bond acceptors (Lipinski definition) is 18. The number of halogens is 1. The molecule has 0 radical (unpaired) electrons. The van der Waals surface area contributed by atoms with Gasteiger partial charge in [-0.25, -0.2) is 27.6 Å². The number of aromatic amines is 2. The quantitative estimate of drug-likeness (QED) is 0.0329. The first-order valence-corrected chi connectivity index (χ1v) is 24.9. The number of aliphatic hydroxyl groups is 1. The maximum atomic E-state index is 12.7. The van der Waals surface area contributed by atoms with E-state index < -0.39 is 117 Å². The van der Waals surface area contributed by atoms with Gasteiger partial charge in [-0.3, -0.25) is 23.2 Å². The number of nitrogens with one attached hydrogen (secondary N) is 2. The molecule has 0 amide bonds. The van der Waals surface area contributed by atoms with E-state index in [0.717, 1.165) is 24.3 Å². The molecule has 1 aromatic heterocycles. The molecule has 1 heterocycles. The Balaban J connectivity index is 1.47. The lowest BCUT2D eigenvalue weighted by atomic mass is 10.1. The fraction of sp³-hybridized carbons (Fsp3) is 0.0588. The normalized spacial score (nSPS) is 13.8. The Morgan fingerprint density at radius 1 is 0.677 bits per heavy atom. The third-order valence-corrected chi connectivity index (χ3v) is 13.2. The van der Waals surface area contributed by atoms with Crippen LogP contribution in [-0.4, -0.2) is 104 Å². The summed E-state index contributed by atoms with van der Waals surface area (Å²) < 4.78 is 164. The van der Waals surface area contributed by atoms with Gasteiger partial charge in [0, 0.05) is 5.56 Å². The van der Waals surface area contributed by atoms with Crippen LogP contribution in [0.4, 0.5) is 28.4 Å². The van der Waals surface area contributed by atoms with Crippen LogP contribution in [0.1, 0.15) is 5.56 Å². The second-order valence-electron chi connectivity index (χ2n) is 12.8. The number of phenolic OH excluding ortho intramolecular Hbond substituents is 1. The van der Waals surface area contributed by atoms with Gasteiger partial charge in [-0.05, 0) is 83.7 Å². The topological polar surface area (TPSA) is 408 Å². The number of aliphatic imine (C=N–C) groups is 1. The van der Waals surface area contributed by atoms with Crippen LogP contribution < -0.4 is 11.2 Å². The number of aromatic hydroxyl groups is 1. The van der Waals surface area contributed by atoms with Gasteiger partial charge >= 0.3 is 10.4 Å². The number of hydrogen-bond donors (Lipinski definition) is 8. The van der Waals surface area contributed by atoms with E-state index in [1.807, 2.05) is 0 Å². The van der Waals surface area contributed by atoms with E-state index in [1.54, 1.807) is 6.07 Å². The molecule has 65 heavy (non-hydrogen) atoms. The Morgan fingerprint density at radius 2 is 1.35 bits per heavy atom. The fourth-order valence-electron chi connectivity index (χ4n) is 5.57. The molecule has 8 N–H and O–H groups in total. The number of rotatable bonds is 14. The molecule has 342 valence electrons. The van der Waals surface area contributed by atoms with Gasteiger partial charge in [0.05, 0.1) is 44.6 Å². The summed E-state index contributed by atoms with van der Waals surface area (Å²) in [7, 11) is -24.7. The molecule has 0 fully saturated rings. The van der Waals surface area contributed by atoms with Gasteiger partial charge in [-0.1, -0.05) is 24.3 Å². The van der Waals surface area contributed by atoms with E-state index in [2.05, 4.69) is 44.3 Å². The molecule has 6 rings (SSSR count). The van der Waals surface area contributed by atoms with E-state index >= 15 is 0 Å². The van der Waals surface area contributed by atoms with Gasteiger partial charge in [0.2, 0.25) is 22.4 Å². The highest BCUT2D eigenvalue weighted by Gasteiger charge is 2.26. The summed E-state index contributed by atoms with van der Waals surface area (Å²) in [5, 5.41) is 28.3. The second-order valence-corrected chi connectivity index (χ2v) is 20.6. The van der Waals surface area contributed by atoms with Crippen molar-refractivity contribution in [2.24, 2.45) is 25.2 Å². The zero-order valence-corrected chi connectivity index (χ0v) is 36.7. The predicted molar refractivity (Wildman–Crippen MR) is 225 cm³/mol. The Kier molecular flexibility index (Phi) is 13.5. The molecule has 5 aromatic carbocycles. The minimum Gasteiger partial charge on any atom is -0.505 e. The molecule has 25 nitrogen and oxygen atoms in total. The number of benzene rings is 5. The van der Waals surface area contributed by atoms with Crippen LogP contribution in [0.5, 0.6) is 5.75 Å². The zero-order valence-electron chi connectivity index (χ0n) is 31.9. The molecule has 0 unspecified atom stereocenters. The Morgan fingerprint density at radius 3 is 2.00 bits per heavy atom. The lowest BCUT2D eigenvalue weighted by Gasteiger charge is -2.12. The standard InChI is InChI=1S/C34H27ClN8O17S5/c35-32-39-33(36-20-7-4-8-22(15-20)61(46,47)12-11-60-65(57,58)59)41-34(40-32)37-21-9-10-26(63(51,52)53)24(16-21)42-43-29-27(64(54,55)56)14-19-13-23(62(48,49)50)17-25(28(19)30(29)44)38-31(45)18-5-2-1-3-6-18/h1-10,13-17,44H,11-12H2,(H,38,45)(H,48,49,50)(H,51,52,53)(H,54,55,56)(H,57,58,59)(H2,36,37,39,40,41). The largest absolute Gasteiger partial charge is 0.505 e. The summed E-state index contributed by atoms with van der Waals surface area (Å²) in [6.07, 6.45) is 0. The first kappa shape index (κ1) is 48.1. The van der Waals surface area contributed by atoms with Gasteiger partial charge < -0.3 is 15.2 Å². The fourth-order valence-corrected chi connectivity index (χ4v) is 9.06. The minimum atomic E-state index is -5.41. The number of aliphatic hydroxyl groups excluding tert-OH is 1. The van der Waals surface area contributed by atoms with Crippen LogP contribution in [-0.2, 0) is 54.8 Å². The number of H-pyrrole nitrogens is 2. The molecular weight excluding hydrogens is 988 g/mol. The number of azo groups is 1. The van der Waals surface area contributed by atoms with E-state index in [4.69, 9.17) is 16.2 Å². The summed E-state index contributed by atoms with van der Waals surface area (Å²) in [6.45, 7) is -0.889. The van der Waals surface area contributed by atoms with Crippen LogP contribution in [0.25, 0.3) is 10.8 Å². The third-order valence-electron chi connectivity index (χ3n) is 8.31. The maximum Gasteiger partial charge on any atom is 0.397 e. The lowest BCUT2D eigenvalue weighted by molar-refractivity contribution is 0.284. The van der Waals surface area contributed by atoms with Crippen LogP contribution in [0.15, 0.2) is 136 Å². The molecule has 0 spiro atoms. The summed E-state index contributed by atoms with van der Waals surface area (Å²) in [5.41, 5.74) is -3.11. The van der Waals surface area contributed by atoms with Crippen molar-refractivity contribution in [3.63, 3.8) is 0 Å². The maximum absolute atomic E-state index is 12.7. The van der Waals surface area contributed by atoms with Crippen molar-refractivity contribution in [3.8, 4) is 5.75 Å². The monoisotopic (exact) mass is 1010 g/mol. The average molecular weight is 1020 g/mol. The summed E-state index contributed by atoms with van der Waals surface area (Å²) in [4.78, 5) is 18.1. The molecule has 6 aromatic rings. The molecule has 0 aliphatic heterocycles. The molecule has 0 aliphatic carbocycles. The highest BCUT2D eigenvalue weighted by atomic mass is 35.5. The van der Waals surface area contributed by atoms with E-state index in [1.165, 1.54) is 42.5 Å². The molecule has 31 heteroatoms. The minimum absolute atomic E-state index is 0.0223. The summed E-state index contributed by atoms with van der Waals surface area (Å²) in [5.74, 6) is -2.75. The Labute approximate surface area is 371 Å². The smallest absolute Gasteiger partial charge is 0.397 e. The van der Waals surface area contributed by atoms with Crippen molar-refractivity contribution in [2.45, 2.75) is 19.6 Å². The SMILES string of the molecule is O=S(=O)(O)OCCS(=O)(=O)c1cccc(N=c2nc(Cl)[nH]c(=Nc3ccc(S(=O)(=O)O)c(N=Nc4c(S(=O)(=O)O)cc5cc(S(=O)(=O)O)cc(N=C(O)c6ccccc6)c5c4O)c3)[nH]2)c1. The van der Waals surface area contributed by atoms with Crippen LogP contribution in [0.3, 0.4) is 0 Å². The van der Waals surface area contributed by atoms with Gasteiger partial charge in [-0.2, -0.15) is 38.7 Å². The van der Waals surface area contributed by atoms with Gasteiger partial charge in [-0.15, -0.1) is 10.2 Å². The van der Waals surface area contributed by atoms with E-state index in [0.29, 0.717) is 18.2 Å². The Hall–Kier alpha value is -6.32. The van der Waals surface area contributed by atoms with E-state index in [-0.39, 0.29) is 38.4 Å². The van der Waals surface area contributed by atoms with Gasteiger partial charge in [0.25, 0.3) is 30.4 Å². The third kappa shape index (κ3) is 12.1. The first-order valence-electron chi connectivity index (χ1n) is 17.2. The van der Waals surface area contributed by atoms with Gasteiger partial charge in [0.15, 0.2) is 15.6 Å². The second kappa shape index (κ2) is 18.3. The van der Waals surface area contributed by atoms with Crippen molar-refractivity contribution in [2.75, 3.05) is 12.4 Å². The molecule has 0 saturated heterocycles. The Bertz CT molecular complexity index is 3700. The summed E-state index contributed by atoms with van der Waals surface area (Å²) in [6, 6.07) is 17.1. The molecular formula is C34H27ClN8O17S5. The van der Waals surface area contributed by atoms with Crippen LogP contribution in [0, 0.1) is 0 Å². The average Bonchev–Trinajstić information content (AvgIpc) is 3.18. The molecule has 0 aliphatic rings. The molecule has 0 atom stereocenters. The first-order chi connectivity index (χ1) is 30.2. The highest BCUT2D eigenvalue weighted by molar-refractivity contribution is 7.91.